The van der Waals surface area contributed by atoms with Crippen LogP contribution in [0.15, 0.2) is 48.7 Å². The highest BCUT2D eigenvalue weighted by Gasteiger charge is 2.30. The van der Waals surface area contributed by atoms with Crippen LogP contribution in [0.5, 0.6) is 5.75 Å². The van der Waals surface area contributed by atoms with Gasteiger partial charge in [0, 0.05) is 11.2 Å². The molecular formula is C17H17ClN4O2. The second kappa shape index (κ2) is 6.49. The van der Waals surface area contributed by atoms with Gasteiger partial charge in [-0.05, 0) is 50.2 Å². The number of aromatic nitrogens is 3. The standard InChI is InChI=1S/C17H17ClN4O2/c1-17(2,24-13-8-6-12(18)7-9-13)16(23)19-11-15-21-20-14-5-3-4-10-22(14)15/h3-10H,11H2,1-2H3,(H,19,23). The van der Waals surface area contributed by atoms with Crippen LogP contribution in [0.1, 0.15) is 19.7 Å². The first kappa shape index (κ1) is 16.3. The lowest BCUT2D eigenvalue weighted by molar-refractivity contribution is -0.134. The summed E-state index contributed by atoms with van der Waals surface area (Å²) in [5, 5.41) is 11.6. The summed E-state index contributed by atoms with van der Waals surface area (Å²) in [4.78, 5) is 12.4. The Bertz CT molecular complexity index is 858. The summed E-state index contributed by atoms with van der Waals surface area (Å²) in [6, 6.07) is 12.5. The number of amides is 1. The van der Waals surface area contributed by atoms with Gasteiger partial charge in [-0.15, -0.1) is 10.2 Å². The first-order valence-electron chi connectivity index (χ1n) is 7.47. The second-order valence-corrected chi connectivity index (χ2v) is 6.23. The van der Waals surface area contributed by atoms with Crippen molar-refractivity contribution in [3.63, 3.8) is 0 Å². The van der Waals surface area contributed by atoms with E-state index in [1.165, 1.54) is 0 Å². The first-order chi connectivity index (χ1) is 11.5. The Morgan fingerprint density at radius 3 is 2.71 bits per heavy atom. The maximum absolute atomic E-state index is 12.4. The van der Waals surface area contributed by atoms with Crippen molar-refractivity contribution in [2.24, 2.45) is 0 Å². The number of hydrogen-bond donors (Lipinski definition) is 1. The van der Waals surface area contributed by atoms with Gasteiger partial charge in [-0.25, -0.2) is 0 Å². The van der Waals surface area contributed by atoms with Crippen molar-refractivity contribution in [3.05, 3.63) is 59.5 Å². The van der Waals surface area contributed by atoms with Crippen LogP contribution in [0.4, 0.5) is 0 Å². The molecule has 0 aliphatic carbocycles. The minimum atomic E-state index is -1.03. The number of nitrogens with zero attached hydrogens (tertiary/aromatic N) is 3. The van der Waals surface area contributed by atoms with Crippen molar-refractivity contribution in [1.82, 2.24) is 19.9 Å². The molecule has 0 radical (unpaired) electrons. The van der Waals surface area contributed by atoms with E-state index in [2.05, 4.69) is 15.5 Å². The van der Waals surface area contributed by atoms with Gasteiger partial charge in [0.1, 0.15) is 5.75 Å². The number of ether oxygens (including phenoxy) is 1. The third-order valence-corrected chi connectivity index (χ3v) is 3.78. The fourth-order valence-electron chi connectivity index (χ4n) is 2.23. The fourth-order valence-corrected chi connectivity index (χ4v) is 2.35. The van der Waals surface area contributed by atoms with E-state index in [9.17, 15) is 4.79 Å². The summed E-state index contributed by atoms with van der Waals surface area (Å²) >= 11 is 5.85. The number of pyridine rings is 1. The van der Waals surface area contributed by atoms with Crippen LogP contribution >= 0.6 is 11.6 Å². The average molecular weight is 345 g/mol. The Kier molecular flexibility index (Phi) is 4.40. The molecule has 0 bridgehead atoms. The third kappa shape index (κ3) is 3.49. The molecule has 0 saturated carbocycles. The minimum Gasteiger partial charge on any atom is -0.478 e. The number of rotatable bonds is 5. The first-order valence-corrected chi connectivity index (χ1v) is 7.85. The average Bonchev–Trinajstić information content (AvgIpc) is 2.98. The summed E-state index contributed by atoms with van der Waals surface area (Å²) < 4.78 is 7.59. The Balaban J connectivity index is 1.66. The zero-order valence-electron chi connectivity index (χ0n) is 13.4. The summed E-state index contributed by atoms with van der Waals surface area (Å²) in [7, 11) is 0. The molecule has 3 aromatic rings. The molecule has 2 heterocycles. The van der Waals surface area contributed by atoms with Crippen molar-refractivity contribution in [1.29, 1.82) is 0 Å². The molecule has 0 atom stereocenters. The van der Waals surface area contributed by atoms with E-state index in [1.807, 2.05) is 28.8 Å². The van der Waals surface area contributed by atoms with Gasteiger partial charge < -0.3 is 10.1 Å². The zero-order chi connectivity index (χ0) is 17.2. The molecule has 0 aliphatic rings. The van der Waals surface area contributed by atoms with Crippen molar-refractivity contribution in [2.75, 3.05) is 0 Å². The number of hydrogen-bond acceptors (Lipinski definition) is 4. The van der Waals surface area contributed by atoms with Crippen LogP contribution in [-0.2, 0) is 11.3 Å². The molecule has 2 aromatic heterocycles. The van der Waals surface area contributed by atoms with Gasteiger partial charge in [0.25, 0.3) is 5.91 Å². The highest BCUT2D eigenvalue weighted by molar-refractivity contribution is 6.30. The molecule has 0 unspecified atom stereocenters. The predicted octanol–water partition coefficient (Wildman–Crippen LogP) is 2.86. The zero-order valence-corrected chi connectivity index (χ0v) is 14.1. The van der Waals surface area contributed by atoms with Crippen LogP contribution < -0.4 is 10.1 Å². The van der Waals surface area contributed by atoms with Crippen molar-refractivity contribution >= 4 is 23.2 Å². The fraction of sp³-hybridized carbons (Fsp3) is 0.235. The highest BCUT2D eigenvalue weighted by Crippen LogP contribution is 2.21. The number of carbonyl (C=O) groups is 1. The van der Waals surface area contributed by atoms with E-state index in [1.54, 1.807) is 38.1 Å². The van der Waals surface area contributed by atoms with E-state index in [0.29, 0.717) is 16.6 Å². The summed E-state index contributed by atoms with van der Waals surface area (Å²) in [5.74, 6) is 0.985. The van der Waals surface area contributed by atoms with E-state index >= 15 is 0 Å². The topological polar surface area (TPSA) is 68.5 Å². The minimum absolute atomic E-state index is 0.245. The van der Waals surface area contributed by atoms with Gasteiger partial charge in [0.2, 0.25) is 0 Å². The normalized spacial score (nSPS) is 11.5. The molecule has 0 aliphatic heterocycles. The van der Waals surface area contributed by atoms with Gasteiger partial charge in [-0.2, -0.15) is 0 Å². The SMILES string of the molecule is CC(C)(Oc1ccc(Cl)cc1)C(=O)NCc1nnc2ccccn12. The molecule has 0 fully saturated rings. The number of fused-ring (bicyclic) bond motifs is 1. The quantitative estimate of drug-likeness (QED) is 0.772. The largest absolute Gasteiger partial charge is 0.478 e. The van der Waals surface area contributed by atoms with E-state index in [0.717, 1.165) is 5.65 Å². The second-order valence-electron chi connectivity index (χ2n) is 5.79. The summed E-state index contributed by atoms with van der Waals surface area (Å²) in [5.41, 5.74) is -0.299. The lowest BCUT2D eigenvalue weighted by Crippen LogP contribution is -2.46. The predicted molar refractivity (Wildman–Crippen MR) is 91.0 cm³/mol. The number of nitrogens with one attached hydrogen (secondary N) is 1. The Morgan fingerprint density at radius 1 is 1.21 bits per heavy atom. The van der Waals surface area contributed by atoms with E-state index in [-0.39, 0.29) is 12.5 Å². The van der Waals surface area contributed by atoms with Crippen LogP contribution in [0.25, 0.3) is 5.65 Å². The molecule has 0 saturated heterocycles. The maximum atomic E-state index is 12.4. The Morgan fingerprint density at radius 2 is 1.96 bits per heavy atom. The van der Waals surface area contributed by atoms with Crippen molar-refractivity contribution < 1.29 is 9.53 Å². The summed E-state index contributed by atoms with van der Waals surface area (Å²) in [6.07, 6.45) is 1.85. The molecule has 6 nitrogen and oxygen atoms in total. The van der Waals surface area contributed by atoms with Crippen LogP contribution in [-0.4, -0.2) is 26.1 Å². The molecule has 0 spiro atoms. The van der Waals surface area contributed by atoms with Crippen molar-refractivity contribution in [2.45, 2.75) is 26.0 Å². The van der Waals surface area contributed by atoms with Crippen molar-refractivity contribution in [3.8, 4) is 5.75 Å². The van der Waals surface area contributed by atoms with Crippen LogP contribution in [0.3, 0.4) is 0 Å². The van der Waals surface area contributed by atoms with Gasteiger partial charge in [0.05, 0.1) is 6.54 Å². The Hall–Kier alpha value is -2.60. The molecular weight excluding hydrogens is 328 g/mol. The lowest BCUT2D eigenvalue weighted by atomic mass is 10.1. The monoisotopic (exact) mass is 344 g/mol. The third-order valence-electron chi connectivity index (χ3n) is 3.52. The number of halogens is 1. The molecule has 3 rings (SSSR count). The van der Waals surface area contributed by atoms with Gasteiger partial charge in [-0.1, -0.05) is 17.7 Å². The van der Waals surface area contributed by atoms with Crippen LogP contribution in [0, 0.1) is 0 Å². The maximum Gasteiger partial charge on any atom is 0.263 e. The van der Waals surface area contributed by atoms with E-state index in [4.69, 9.17) is 16.3 Å². The highest BCUT2D eigenvalue weighted by atomic mass is 35.5. The smallest absolute Gasteiger partial charge is 0.263 e. The molecule has 124 valence electrons. The lowest BCUT2D eigenvalue weighted by Gasteiger charge is -2.25. The van der Waals surface area contributed by atoms with E-state index < -0.39 is 5.60 Å². The van der Waals surface area contributed by atoms with Gasteiger partial charge in [-0.3, -0.25) is 9.20 Å². The summed E-state index contributed by atoms with van der Waals surface area (Å²) in [6.45, 7) is 3.68. The number of carbonyl (C=O) groups excluding carboxylic acids is 1. The van der Waals surface area contributed by atoms with Gasteiger partial charge in [0.15, 0.2) is 17.1 Å². The molecule has 1 aromatic carbocycles. The Labute approximate surface area is 144 Å². The molecule has 1 N–H and O–H groups in total. The molecule has 24 heavy (non-hydrogen) atoms. The van der Waals surface area contributed by atoms with Gasteiger partial charge >= 0.3 is 0 Å². The number of benzene rings is 1. The molecule has 7 heteroatoms. The van der Waals surface area contributed by atoms with Crippen LogP contribution in [0.2, 0.25) is 5.02 Å². The molecule has 1 amide bonds.